The lowest BCUT2D eigenvalue weighted by molar-refractivity contribution is 0.00175. The Morgan fingerprint density at radius 2 is 1.89 bits per heavy atom. The highest BCUT2D eigenvalue weighted by Crippen LogP contribution is 2.16. The van der Waals surface area contributed by atoms with Gasteiger partial charge < -0.3 is 14.6 Å². The second-order valence-corrected chi connectivity index (χ2v) is 4.08. The van der Waals surface area contributed by atoms with Gasteiger partial charge in [-0.1, -0.05) is 31.5 Å². The topological polar surface area (TPSA) is 38.7 Å². The van der Waals surface area contributed by atoms with E-state index >= 15 is 0 Å². The first-order chi connectivity index (χ1) is 8.75. The SMILES string of the molecule is CCCCOCCOCC(O)c1ccccc1F. The summed E-state index contributed by atoms with van der Waals surface area (Å²) in [6, 6.07) is 6.16. The highest BCUT2D eigenvalue weighted by atomic mass is 19.1. The molecule has 102 valence electrons. The van der Waals surface area contributed by atoms with E-state index in [1.807, 2.05) is 0 Å². The fourth-order valence-corrected chi connectivity index (χ4v) is 1.50. The van der Waals surface area contributed by atoms with Gasteiger partial charge in [-0.3, -0.25) is 0 Å². The second kappa shape index (κ2) is 9.03. The molecule has 0 bridgehead atoms. The lowest BCUT2D eigenvalue weighted by Gasteiger charge is -2.12. The number of halogens is 1. The Hall–Kier alpha value is -0.970. The van der Waals surface area contributed by atoms with Gasteiger partial charge in [0.1, 0.15) is 11.9 Å². The first-order valence-corrected chi connectivity index (χ1v) is 6.33. The predicted octanol–water partition coefficient (Wildman–Crippen LogP) is 2.69. The number of rotatable bonds is 9. The molecule has 0 amide bonds. The van der Waals surface area contributed by atoms with Gasteiger partial charge in [-0.05, 0) is 12.5 Å². The molecule has 0 aliphatic rings. The van der Waals surface area contributed by atoms with Gasteiger partial charge in [0.15, 0.2) is 0 Å². The number of aliphatic hydroxyl groups excluding tert-OH is 1. The number of ether oxygens (including phenoxy) is 2. The zero-order chi connectivity index (χ0) is 13.2. The Bertz CT molecular complexity index is 331. The molecular formula is C14H21FO3. The molecule has 0 fully saturated rings. The summed E-state index contributed by atoms with van der Waals surface area (Å²) in [5.74, 6) is -0.409. The Morgan fingerprint density at radius 1 is 1.17 bits per heavy atom. The van der Waals surface area contributed by atoms with E-state index in [-0.39, 0.29) is 12.2 Å². The lowest BCUT2D eigenvalue weighted by atomic mass is 10.1. The van der Waals surface area contributed by atoms with Crippen LogP contribution in [-0.4, -0.2) is 31.5 Å². The van der Waals surface area contributed by atoms with Crippen molar-refractivity contribution in [1.82, 2.24) is 0 Å². The Balaban J connectivity index is 2.14. The number of benzene rings is 1. The summed E-state index contributed by atoms with van der Waals surface area (Å²) < 4.78 is 23.9. The van der Waals surface area contributed by atoms with E-state index in [1.54, 1.807) is 18.2 Å². The van der Waals surface area contributed by atoms with Crippen LogP contribution in [0.5, 0.6) is 0 Å². The van der Waals surface area contributed by atoms with Gasteiger partial charge in [0.05, 0.1) is 19.8 Å². The van der Waals surface area contributed by atoms with Gasteiger partial charge in [0, 0.05) is 12.2 Å². The van der Waals surface area contributed by atoms with E-state index in [0.717, 1.165) is 19.4 Å². The molecule has 18 heavy (non-hydrogen) atoms. The molecule has 0 aliphatic heterocycles. The number of hydrogen-bond acceptors (Lipinski definition) is 3. The summed E-state index contributed by atoms with van der Waals surface area (Å²) in [6.45, 7) is 3.83. The highest BCUT2D eigenvalue weighted by molar-refractivity contribution is 5.19. The molecule has 1 atom stereocenters. The van der Waals surface area contributed by atoms with Crippen molar-refractivity contribution in [3.63, 3.8) is 0 Å². The molecule has 1 aromatic carbocycles. The monoisotopic (exact) mass is 256 g/mol. The minimum absolute atomic E-state index is 0.0814. The third kappa shape index (κ3) is 5.58. The Labute approximate surface area is 108 Å². The van der Waals surface area contributed by atoms with Gasteiger partial charge >= 0.3 is 0 Å². The van der Waals surface area contributed by atoms with Crippen LogP contribution in [-0.2, 0) is 9.47 Å². The normalized spacial score (nSPS) is 12.6. The summed E-state index contributed by atoms with van der Waals surface area (Å²) in [7, 11) is 0. The molecule has 0 heterocycles. The molecule has 0 spiro atoms. The summed E-state index contributed by atoms with van der Waals surface area (Å²) >= 11 is 0. The molecule has 1 rings (SSSR count). The molecule has 1 aromatic rings. The van der Waals surface area contributed by atoms with Gasteiger partial charge in [-0.2, -0.15) is 0 Å². The largest absolute Gasteiger partial charge is 0.386 e. The van der Waals surface area contributed by atoms with Crippen molar-refractivity contribution in [3.05, 3.63) is 35.6 Å². The summed E-state index contributed by atoms with van der Waals surface area (Å²) in [6.07, 6.45) is 1.21. The average molecular weight is 256 g/mol. The van der Waals surface area contributed by atoms with Crippen molar-refractivity contribution in [2.75, 3.05) is 26.4 Å². The van der Waals surface area contributed by atoms with Crippen LogP contribution in [0.2, 0.25) is 0 Å². The highest BCUT2D eigenvalue weighted by Gasteiger charge is 2.11. The van der Waals surface area contributed by atoms with Crippen molar-refractivity contribution < 1.29 is 19.0 Å². The molecule has 4 heteroatoms. The Kier molecular flexibility index (Phi) is 7.57. The molecular weight excluding hydrogens is 235 g/mol. The third-order valence-electron chi connectivity index (χ3n) is 2.55. The smallest absolute Gasteiger partial charge is 0.129 e. The van der Waals surface area contributed by atoms with E-state index in [9.17, 15) is 9.50 Å². The summed E-state index contributed by atoms with van der Waals surface area (Å²) in [5, 5.41) is 9.74. The predicted molar refractivity (Wildman–Crippen MR) is 67.9 cm³/mol. The zero-order valence-corrected chi connectivity index (χ0v) is 10.8. The van der Waals surface area contributed by atoms with Crippen molar-refractivity contribution in [3.8, 4) is 0 Å². The summed E-state index contributed by atoms with van der Waals surface area (Å²) in [5.41, 5.74) is 0.268. The maximum absolute atomic E-state index is 13.3. The van der Waals surface area contributed by atoms with Crippen LogP contribution >= 0.6 is 0 Å². The van der Waals surface area contributed by atoms with E-state index in [0.29, 0.717) is 13.2 Å². The van der Waals surface area contributed by atoms with Crippen LogP contribution < -0.4 is 0 Å². The van der Waals surface area contributed by atoms with Crippen LogP contribution in [0.1, 0.15) is 31.4 Å². The fraction of sp³-hybridized carbons (Fsp3) is 0.571. The number of hydrogen-bond donors (Lipinski definition) is 1. The molecule has 0 radical (unpaired) electrons. The minimum atomic E-state index is -0.929. The fourth-order valence-electron chi connectivity index (χ4n) is 1.50. The standard InChI is InChI=1S/C14H21FO3/c1-2-3-8-17-9-10-18-11-14(16)12-6-4-5-7-13(12)15/h4-7,14,16H,2-3,8-11H2,1H3. The van der Waals surface area contributed by atoms with E-state index in [2.05, 4.69) is 6.92 Å². The molecule has 0 aromatic heterocycles. The quantitative estimate of drug-likeness (QED) is 0.690. The van der Waals surface area contributed by atoms with Crippen molar-refractivity contribution >= 4 is 0 Å². The van der Waals surface area contributed by atoms with E-state index in [4.69, 9.17) is 9.47 Å². The van der Waals surface area contributed by atoms with Crippen molar-refractivity contribution in [2.24, 2.45) is 0 Å². The molecule has 1 N–H and O–H groups in total. The van der Waals surface area contributed by atoms with E-state index < -0.39 is 11.9 Å². The Morgan fingerprint density at radius 3 is 2.61 bits per heavy atom. The molecule has 0 saturated heterocycles. The van der Waals surface area contributed by atoms with Crippen LogP contribution in [0.3, 0.4) is 0 Å². The summed E-state index contributed by atoms with van der Waals surface area (Å²) in [4.78, 5) is 0. The molecule has 3 nitrogen and oxygen atoms in total. The van der Waals surface area contributed by atoms with E-state index in [1.165, 1.54) is 6.07 Å². The van der Waals surface area contributed by atoms with Gasteiger partial charge in [0.25, 0.3) is 0 Å². The van der Waals surface area contributed by atoms with Gasteiger partial charge in [-0.25, -0.2) is 4.39 Å². The maximum atomic E-state index is 13.3. The van der Waals surface area contributed by atoms with Crippen molar-refractivity contribution in [2.45, 2.75) is 25.9 Å². The third-order valence-corrected chi connectivity index (χ3v) is 2.55. The van der Waals surface area contributed by atoms with Gasteiger partial charge in [0.2, 0.25) is 0 Å². The number of aliphatic hydroxyl groups is 1. The first kappa shape index (κ1) is 15.1. The van der Waals surface area contributed by atoms with Gasteiger partial charge in [-0.15, -0.1) is 0 Å². The van der Waals surface area contributed by atoms with Crippen LogP contribution in [0, 0.1) is 5.82 Å². The average Bonchev–Trinajstić information content (AvgIpc) is 2.38. The zero-order valence-electron chi connectivity index (χ0n) is 10.8. The lowest BCUT2D eigenvalue weighted by Crippen LogP contribution is -2.12. The molecule has 1 unspecified atom stereocenters. The van der Waals surface area contributed by atoms with Crippen molar-refractivity contribution in [1.29, 1.82) is 0 Å². The minimum Gasteiger partial charge on any atom is -0.386 e. The first-order valence-electron chi connectivity index (χ1n) is 6.33. The van der Waals surface area contributed by atoms with Crippen LogP contribution in [0.25, 0.3) is 0 Å². The second-order valence-electron chi connectivity index (χ2n) is 4.08. The number of unbranched alkanes of at least 4 members (excludes halogenated alkanes) is 1. The van der Waals surface area contributed by atoms with Crippen LogP contribution in [0.4, 0.5) is 4.39 Å². The van der Waals surface area contributed by atoms with Crippen LogP contribution in [0.15, 0.2) is 24.3 Å². The molecule has 0 aliphatic carbocycles. The molecule has 0 saturated carbocycles. The maximum Gasteiger partial charge on any atom is 0.129 e.